The number of likely N-dealkylation sites (tertiary alicyclic amines) is 3. The second kappa shape index (κ2) is 12.6. The number of nitrogens with zero attached hydrogens (tertiary/aromatic N) is 7. The van der Waals surface area contributed by atoms with Crippen LogP contribution in [0.15, 0.2) is 60.9 Å². The number of anilines is 1. The molecular formula is C38H48N8O3. The van der Waals surface area contributed by atoms with E-state index in [2.05, 4.69) is 24.4 Å². The minimum Gasteiger partial charge on any atom is -0.457 e. The van der Waals surface area contributed by atoms with Crippen molar-refractivity contribution in [2.45, 2.75) is 83.0 Å². The number of piperidine rings is 2. The van der Waals surface area contributed by atoms with Crippen molar-refractivity contribution in [3.63, 3.8) is 0 Å². The Labute approximate surface area is 288 Å². The van der Waals surface area contributed by atoms with Crippen molar-refractivity contribution in [2.24, 2.45) is 5.41 Å². The first-order chi connectivity index (χ1) is 23.6. The van der Waals surface area contributed by atoms with E-state index in [0.29, 0.717) is 23.3 Å². The molecule has 0 radical (unpaired) electrons. The summed E-state index contributed by atoms with van der Waals surface area (Å²) in [7, 11) is 0. The van der Waals surface area contributed by atoms with Gasteiger partial charge in [0.25, 0.3) is 0 Å². The highest BCUT2D eigenvalue weighted by molar-refractivity contribution is 5.98. The second-order valence-electron chi connectivity index (χ2n) is 15.6. The van der Waals surface area contributed by atoms with E-state index in [-0.39, 0.29) is 12.1 Å². The largest absolute Gasteiger partial charge is 0.457 e. The molecule has 4 aliphatic rings. The van der Waals surface area contributed by atoms with Crippen molar-refractivity contribution in [1.29, 1.82) is 0 Å². The second-order valence-corrected chi connectivity index (χ2v) is 15.6. The number of rotatable bonds is 6. The molecule has 4 fully saturated rings. The topological polar surface area (TPSA) is 115 Å². The van der Waals surface area contributed by atoms with Crippen LogP contribution in [0.3, 0.4) is 0 Å². The van der Waals surface area contributed by atoms with Crippen LogP contribution in [0.5, 0.6) is 11.5 Å². The lowest BCUT2D eigenvalue weighted by Gasteiger charge is -2.58. The van der Waals surface area contributed by atoms with E-state index >= 15 is 0 Å². The molecule has 4 aromatic rings. The average molecular weight is 665 g/mol. The molecule has 1 amide bonds. The summed E-state index contributed by atoms with van der Waals surface area (Å²) in [5.74, 6) is 2.02. The van der Waals surface area contributed by atoms with Gasteiger partial charge in [0.2, 0.25) is 0 Å². The number of hydrogen-bond donors (Lipinski definition) is 1. The summed E-state index contributed by atoms with van der Waals surface area (Å²) >= 11 is 0. The van der Waals surface area contributed by atoms with Gasteiger partial charge in [-0.15, -0.1) is 0 Å². The van der Waals surface area contributed by atoms with E-state index < -0.39 is 5.60 Å². The van der Waals surface area contributed by atoms with Crippen LogP contribution in [-0.2, 0) is 4.74 Å². The summed E-state index contributed by atoms with van der Waals surface area (Å²) in [6, 6.07) is 19.2. The van der Waals surface area contributed by atoms with Crippen LogP contribution in [0.25, 0.3) is 22.3 Å². The highest BCUT2D eigenvalue weighted by Crippen LogP contribution is 2.52. The van der Waals surface area contributed by atoms with Crippen LogP contribution in [0.4, 0.5) is 10.6 Å². The number of para-hydroxylation sites is 1. The number of carbonyl (C=O) groups is 1. The molecule has 2 N–H and O–H groups in total. The number of amides is 1. The molecule has 11 nitrogen and oxygen atoms in total. The van der Waals surface area contributed by atoms with Gasteiger partial charge in [0, 0.05) is 43.8 Å². The highest BCUT2D eigenvalue weighted by Gasteiger charge is 2.49. The molecule has 258 valence electrons. The zero-order chi connectivity index (χ0) is 33.8. The first-order valence-corrected chi connectivity index (χ1v) is 17.9. The van der Waals surface area contributed by atoms with Crippen LogP contribution >= 0.6 is 0 Å². The summed E-state index contributed by atoms with van der Waals surface area (Å²) in [6.45, 7) is 11.8. The van der Waals surface area contributed by atoms with Crippen molar-refractivity contribution in [1.82, 2.24) is 34.4 Å². The fourth-order valence-electron chi connectivity index (χ4n) is 8.38. The molecule has 1 spiro atoms. The number of nitrogen functional groups attached to an aromatic ring is 1. The fraction of sp³-hybridized carbons (Fsp3) is 0.526. The van der Waals surface area contributed by atoms with Gasteiger partial charge in [-0.3, -0.25) is 4.90 Å². The van der Waals surface area contributed by atoms with Gasteiger partial charge in [-0.1, -0.05) is 18.2 Å². The van der Waals surface area contributed by atoms with E-state index in [1.165, 1.54) is 25.7 Å². The minimum absolute atomic E-state index is 0.179. The minimum atomic E-state index is -0.441. The maximum atomic E-state index is 12.4. The van der Waals surface area contributed by atoms with Crippen molar-refractivity contribution in [3.05, 3.63) is 60.9 Å². The molecule has 2 aromatic carbocycles. The van der Waals surface area contributed by atoms with Gasteiger partial charge in [-0.25, -0.2) is 19.4 Å². The van der Waals surface area contributed by atoms with Gasteiger partial charge in [0.05, 0.1) is 11.4 Å². The summed E-state index contributed by atoms with van der Waals surface area (Å²) in [4.78, 5) is 28.5. The Hall–Kier alpha value is -4.22. The van der Waals surface area contributed by atoms with Gasteiger partial charge in [0.1, 0.15) is 34.9 Å². The molecule has 49 heavy (non-hydrogen) atoms. The molecule has 0 bridgehead atoms. The maximum absolute atomic E-state index is 12.4. The van der Waals surface area contributed by atoms with Crippen molar-refractivity contribution in [2.75, 3.05) is 45.0 Å². The molecule has 0 atom stereocenters. The van der Waals surface area contributed by atoms with E-state index in [0.717, 1.165) is 85.9 Å². The van der Waals surface area contributed by atoms with Crippen LogP contribution in [-0.4, -0.2) is 97.5 Å². The van der Waals surface area contributed by atoms with Crippen LogP contribution in [0.2, 0.25) is 0 Å². The molecule has 5 heterocycles. The Morgan fingerprint density at radius 1 is 0.837 bits per heavy atom. The Balaban J connectivity index is 0.853. The third-order valence-corrected chi connectivity index (χ3v) is 11.2. The first-order valence-electron chi connectivity index (χ1n) is 17.9. The molecule has 11 heteroatoms. The van der Waals surface area contributed by atoms with Gasteiger partial charge in [-0.05, 0) is 114 Å². The van der Waals surface area contributed by atoms with E-state index in [9.17, 15) is 4.79 Å². The predicted molar refractivity (Wildman–Crippen MR) is 189 cm³/mol. The lowest BCUT2D eigenvalue weighted by molar-refractivity contribution is -0.0737. The third kappa shape index (κ3) is 6.46. The van der Waals surface area contributed by atoms with E-state index in [4.69, 9.17) is 20.3 Å². The highest BCUT2D eigenvalue weighted by atomic mass is 16.6. The van der Waals surface area contributed by atoms with Crippen molar-refractivity contribution in [3.8, 4) is 22.8 Å². The number of benzene rings is 2. The SMILES string of the molecule is CC(C)(C)OC(=O)N1CC(N2CCC3(CC2)CC(N2CCC(n4nc(-c5ccc(Oc6ccccc6)cc5)c5c(N)ncnc54)CC2)C3)C1. The van der Waals surface area contributed by atoms with Crippen LogP contribution in [0, 0.1) is 5.41 Å². The molecule has 0 unspecified atom stereocenters. The lowest BCUT2D eigenvalue weighted by Crippen LogP contribution is -2.64. The number of nitrogens with two attached hydrogens (primary N) is 1. The van der Waals surface area contributed by atoms with Crippen molar-refractivity contribution < 1.29 is 14.3 Å². The zero-order valence-corrected chi connectivity index (χ0v) is 28.9. The van der Waals surface area contributed by atoms with Gasteiger partial charge in [-0.2, -0.15) is 5.10 Å². The number of hydrogen-bond acceptors (Lipinski definition) is 9. The number of carbonyl (C=O) groups excluding carboxylic acids is 1. The maximum Gasteiger partial charge on any atom is 0.410 e. The van der Waals surface area contributed by atoms with Crippen LogP contribution < -0.4 is 10.5 Å². The summed E-state index contributed by atoms with van der Waals surface area (Å²) in [5.41, 5.74) is 9.08. The number of ether oxygens (including phenoxy) is 2. The molecule has 1 saturated carbocycles. The van der Waals surface area contributed by atoms with Crippen molar-refractivity contribution >= 4 is 22.9 Å². The molecule has 3 aliphatic heterocycles. The molecule has 1 aliphatic carbocycles. The molecule has 8 rings (SSSR count). The standard InChI is InChI=1S/C38H48N8O3/c1-37(2,3)49-36(47)45-23-29(24-45)44-19-15-38(16-20-44)21-28(22-38)43-17-13-27(14-18-43)46-35-32(34(39)40-25-41-35)33(42-46)26-9-11-31(12-10-26)48-30-7-5-4-6-8-30/h4-12,25,27-29H,13-24H2,1-3H3,(H2,39,40,41). The Kier molecular flexibility index (Phi) is 8.22. The zero-order valence-electron chi connectivity index (χ0n) is 28.9. The summed E-state index contributed by atoms with van der Waals surface area (Å²) in [5, 5.41) is 5.95. The van der Waals surface area contributed by atoms with Gasteiger partial charge >= 0.3 is 6.09 Å². The number of aromatic nitrogens is 4. The summed E-state index contributed by atoms with van der Waals surface area (Å²) < 4.78 is 13.7. The van der Waals surface area contributed by atoms with E-state index in [1.807, 2.05) is 80.3 Å². The molecule has 2 aromatic heterocycles. The Bertz CT molecular complexity index is 1770. The average Bonchev–Trinajstić information content (AvgIpc) is 3.45. The molecular weight excluding hydrogens is 616 g/mol. The first kappa shape index (κ1) is 32.0. The lowest BCUT2D eigenvalue weighted by atomic mass is 9.59. The Morgan fingerprint density at radius 3 is 2.16 bits per heavy atom. The molecule has 3 saturated heterocycles. The van der Waals surface area contributed by atoms with Gasteiger partial charge < -0.3 is 25.0 Å². The normalized spacial score (nSPS) is 21.1. The predicted octanol–water partition coefficient (Wildman–Crippen LogP) is 6.37. The smallest absolute Gasteiger partial charge is 0.410 e. The number of fused-ring (bicyclic) bond motifs is 1. The van der Waals surface area contributed by atoms with Crippen LogP contribution in [0.1, 0.15) is 65.3 Å². The third-order valence-electron chi connectivity index (χ3n) is 11.2. The fourth-order valence-corrected chi connectivity index (χ4v) is 8.38. The Morgan fingerprint density at radius 2 is 1.49 bits per heavy atom. The quantitative estimate of drug-likeness (QED) is 0.251. The van der Waals surface area contributed by atoms with E-state index in [1.54, 1.807) is 6.33 Å². The van der Waals surface area contributed by atoms with Gasteiger partial charge in [0.15, 0.2) is 5.65 Å². The monoisotopic (exact) mass is 664 g/mol. The summed E-state index contributed by atoms with van der Waals surface area (Å²) in [6.07, 6.45) is 8.60.